The van der Waals surface area contributed by atoms with Crippen molar-refractivity contribution in [3.05, 3.63) is 125 Å². The van der Waals surface area contributed by atoms with Gasteiger partial charge in [0.15, 0.2) is 0 Å². The van der Waals surface area contributed by atoms with Gasteiger partial charge >= 0.3 is 0 Å². The van der Waals surface area contributed by atoms with Crippen molar-refractivity contribution in [1.29, 1.82) is 0 Å². The summed E-state index contributed by atoms with van der Waals surface area (Å²) in [6.45, 7) is 18.8. The van der Waals surface area contributed by atoms with E-state index in [0.29, 0.717) is 0 Å². The van der Waals surface area contributed by atoms with Gasteiger partial charge in [-0.2, -0.15) is 9.90 Å². The van der Waals surface area contributed by atoms with Crippen LogP contribution in [0.4, 0.5) is 5.69 Å². The fourth-order valence-electron chi connectivity index (χ4n) is 2.86. The van der Waals surface area contributed by atoms with E-state index in [1.807, 2.05) is 92.9 Å². The van der Waals surface area contributed by atoms with E-state index in [1.54, 1.807) is 0 Å². The number of aliphatic imine (C=N–C) groups is 1. The normalized spacial score (nSPS) is 9.43. The first-order valence-corrected chi connectivity index (χ1v) is 15.1. The van der Waals surface area contributed by atoms with Gasteiger partial charge in [-0.3, -0.25) is 4.99 Å². The molecule has 2 unspecified atom stereocenters. The minimum Gasteiger partial charge on any atom is -0.472 e. The minimum atomic E-state index is 0. The van der Waals surface area contributed by atoms with Gasteiger partial charge in [0, 0.05) is 17.1 Å². The van der Waals surface area contributed by atoms with Crippen molar-refractivity contribution in [2.45, 2.75) is 75.2 Å². The second-order valence-electron chi connectivity index (χ2n) is 8.67. The molecule has 4 heteroatoms. The highest BCUT2D eigenvalue weighted by molar-refractivity contribution is 7.42. The van der Waals surface area contributed by atoms with Crippen LogP contribution in [0, 0.1) is 20.8 Å². The Kier molecular flexibility index (Phi) is 26.0. The lowest BCUT2D eigenvalue weighted by atomic mass is 10.2. The molecule has 0 heterocycles. The molecular weight excluding hydrogens is 524 g/mol. The van der Waals surface area contributed by atoms with Crippen LogP contribution in [-0.2, 0) is 0 Å². The molecule has 0 N–H and O–H groups in total. The molecule has 0 bridgehead atoms. The lowest BCUT2D eigenvalue weighted by Crippen LogP contribution is -2.01. The molecule has 0 aliphatic rings. The van der Waals surface area contributed by atoms with E-state index in [0.717, 1.165) is 22.6 Å². The summed E-state index contributed by atoms with van der Waals surface area (Å²) in [6, 6.07) is 34.7. The Balaban J connectivity index is 0. The Morgan fingerprint density at radius 3 is 1.62 bits per heavy atom. The summed E-state index contributed by atoms with van der Waals surface area (Å²) in [6.07, 6.45) is 4.37. The maximum atomic E-state index is 6.06. The standard InChI is InChI=1S/C21H20NOP.C7H8.2C3H8.C2H6.H3P/c1-16-9-3-6-12-19(16)22-15-18-11-5-7-13-20(18)23-24-21-14-8-4-10-17(21)2;1-7-5-3-2-4-6-7;2*1-3-2;1-2;/h3-15,24H,1-2H3;2-6H,1H3;2*3H2,1-2H3;1-2H3;1H3. The van der Waals surface area contributed by atoms with Crippen LogP contribution in [0.3, 0.4) is 0 Å². The average Bonchev–Trinajstić information content (AvgIpc) is 2.95. The predicted octanol–water partition coefficient (Wildman–Crippen LogP) is 11.3. The largest absolute Gasteiger partial charge is 0.472 e. The summed E-state index contributed by atoms with van der Waals surface area (Å²) in [4.78, 5) is 4.61. The monoisotopic (exact) mass is 577 g/mol. The zero-order valence-corrected chi connectivity index (χ0v) is 28.8. The van der Waals surface area contributed by atoms with Crippen molar-refractivity contribution in [2.75, 3.05) is 0 Å². The lowest BCUT2D eigenvalue weighted by molar-refractivity contribution is 0.637. The van der Waals surface area contributed by atoms with E-state index in [4.69, 9.17) is 4.52 Å². The molecule has 0 aliphatic carbocycles. The molecular formula is C36H53NOP2. The molecule has 218 valence electrons. The van der Waals surface area contributed by atoms with Gasteiger partial charge < -0.3 is 4.52 Å². The van der Waals surface area contributed by atoms with Crippen LogP contribution in [0.25, 0.3) is 0 Å². The summed E-state index contributed by atoms with van der Waals surface area (Å²) in [5, 5.41) is 1.23. The van der Waals surface area contributed by atoms with Crippen molar-refractivity contribution < 1.29 is 4.52 Å². The van der Waals surface area contributed by atoms with Gasteiger partial charge in [0.25, 0.3) is 0 Å². The van der Waals surface area contributed by atoms with Gasteiger partial charge in [-0.1, -0.05) is 145 Å². The van der Waals surface area contributed by atoms with E-state index >= 15 is 0 Å². The van der Waals surface area contributed by atoms with Gasteiger partial charge in [-0.15, -0.1) is 0 Å². The Morgan fingerprint density at radius 2 is 1.10 bits per heavy atom. The second kappa shape index (κ2) is 26.4. The fourth-order valence-corrected chi connectivity index (χ4v) is 3.67. The quantitative estimate of drug-likeness (QED) is 0.171. The first kappa shape index (κ1) is 39.4. The summed E-state index contributed by atoms with van der Waals surface area (Å²) in [5.41, 5.74) is 5.70. The van der Waals surface area contributed by atoms with Crippen LogP contribution < -0.4 is 9.83 Å². The highest BCUT2D eigenvalue weighted by Gasteiger charge is 2.04. The van der Waals surface area contributed by atoms with E-state index in [2.05, 4.69) is 83.8 Å². The highest BCUT2D eigenvalue weighted by atomic mass is 31.1. The Morgan fingerprint density at radius 1 is 0.625 bits per heavy atom. The SMILES string of the molecule is CC.CCC.CCC.Cc1ccccc1.Cc1ccccc1N=Cc1ccccc1OPc1ccccc1C.P. The molecule has 0 spiro atoms. The summed E-state index contributed by atoms with van der Waals surface area (Å²) in [7, 11) is 0.284. The number of hydrogen-bond donors (Lipinski definition) is 0. The molecule has 0 amide bonds. The number of para-hydroxylation sites is 2. The van der Waals surface area contributed by atoms with Gasteiger partial charge in [-0.25, -0.2) is 0 Å². The summed E-state index contributed by atoms with van der Waals surface area (Å²) < 4.78 is 6.06. The Labute approximate surface area is 251 Å². The zero-order chi connectivity index (χ0) is 29.3. The molecule has 0 saturated carbocycles. The third kappa shape index (κ3) is 17.7. The minimum absolute atomic E-state index is 0. The van der Waals surface area contributed by atoms with E-state index in [1.165, 1.54) is 29.3 Å². The first-order chi connectivity index (χ1) is 19.0. The number of nitrogens with zero attached hydrogens (tertiary/aromatic N) is 1. The molecule has 0 fully saturated rings. The third-order valence-corrected chi connectivity index (χ3v) is 5.84. The van der Waals surface area contributed by atoms with Crippen molar-refractivity contribution in [3.63, 3.8) is 0 Å². The van der Waals surface area contributed by atoms with Gasteiger partial charge in [0.05, 0.1) is 5.69 Å². The maximum Gasteiger partial charge on any atom is 0.132 e. The molecule has 40 heavy (non-hydrogen) atoms. The van der Waals surface area contributed by atoms with Gasteiger partial charge in [0.1, 0.15) is 14.6 Å². The van der Waals surface area contributed by atoms with Crippen molar-refractivity contribution >= 4 is 35.9 Å². The zero-order valence-electron chi connectivity index (χ0n) is 26.4. The molecule has 0 aromatic heterocycles. The molecule has 4 aromatic rings. The van der Waals surface area contributed by atoms with Crippen molar-refractivity contribution in [2.24, 2.45) is 4.99 Å². The highest BCUT2D eigenvalue weighted by Crippen LogP contribution is 2.25. The molecule has 0 saturated heterocycles. The Bertz CT molecular complexity index is 1160. The molecule has 0 radical (unpaired) electrons. The van der Waals surface area contributed by atoms with Gasteiger partial charge in [-0.05, 0) is 50.1 Å². The average molecular weight is 578 g/mol. The molecule has 4 aromatic carbocycles. The molecule has 4 rings (SSSR count). The molecule has 0 aliphatic heterocycles. The Hall–Kier alpha value is -2.79. The smallest absolute Gasteiger partial charge is 0.132 e. The topological polar surface area (TPSA) is 21.6 Å². The summed E-state index contributed by atoms with van der Waals surface area (Å²) in [5.74, 6) is 0.858. The molecule has 2 nitrogen and oxygen atoms in total. The van der Waals surface area contributed by atoms with E-state index in [9.17, 15) is 0 Å². The van der Waals surface area contributed by atoms with Crippen LogP contribution >= 0.6 is 18.7 Å². The number of aryl methyl sites for hydroxylation is 3. The number of benzene rings is 4. The van der Waals surface area contributed by atoms with Crippen LogP contribution in [0.2, 0.25) is 0 Å². The maximum absolute atomic E-state index is 6.06. The van der Waals surface area contributed by atoms with E-state index < -0.39 is 0 Å². The summed E-state index contributed by atoms with van der Waals surface area (Å²) >= 11 is 0. The second-order valence-corrected chi connectivity index (χ2v) is 9.62. The van der Waals surface area contributed by atoms with Crippen LogP contribution in [0.5, 0.6) is 5.75 Å². The van der Waals surface area contributed by atoms with Crippen molar-refractivity contribution in [1.82, 2.24) is 0 Å². The van der Waals surface area contributed by atoms with Crippen LogP contribution in [0.1, 0.15) is 76.6 Å². The third-order valence-electron chi connectivity index (χ3n) is 4.73. The lowest BCUT2D eigenvalue weighted by Gasteiger charge is -2.10. The number of hydrogen-bond acceptors (Lipinski definition) is 2. The number of rotatable bonds is 5. The van der Waals surface area contributed by atoms with Crippen LogP contribution in [0.15, 0.2) is 108 Å². The first-order valence-electron chi connectivity index (χ1n) is 14.1. The predicted molar refractivity (Wildman–Crippen MR) is 190 cm³/mol. The van der Waals surface area contributed by atoms with E-state index in [-0.39, 0.29) is 18.7 Å². The fraction of sp³-hybridized carbons (Fsp3) is 0.306. The molecule has 2 atom stereocenters. The van der Waals surface area contributed by atoms with Gasteiger partial charge in [0.2, 0.25) is 0 Å². The van der Waals surface area contributed by atoms with Crippen LogP contribution in [-0.4, -0.2) is 6.21 Å². The van der Waals surface area contributed by atoms with Crippen molar-refractivity contribution in [3.8, 4) is 5.75 Å².